The number of nitrogens with zero attached hydrogens (tertiary/aromatic N) is 3. The minimum Gasteiger partial charge on any atom is -0.481 e. The topological polar surface area (TPSA) is 62.7 Å². The number of hydrogen-bond acceptors (Lipinski definition) is 4. The maximum atomic E-state index is 12.7. The molecule has 1 aromatic carbocycles. The monoisotopic (exact) mass is 401 g/mol. The van der Waals surface area contributed by atoms with Crippen LogP contribution < -0.4 is 4.74 Å². The highest BCUT2D eigenvalue weighted by atomic mass is 35.5. The molecule has 1 saturated heterocycles. The summed E-state index contributed by atoms with van der Waals surface area (Å²) in [7, 11) is 0. The van der Waals surface area contributed by atoms with Crippen molar-refractivity contribution >= 4 is 23.4 Å². The second-order valence-corrected chi connectivity index (χ2v) is 7.31. The van der Waals surface area contributed by atoms with Gasteiger partial charge in [-0.15, -0.1) is 0 Å². The van der Waals surface area contributed by atoms with E-state index < -0.39 is 6.10 Å². The number of piperazine rings is 1. The largest absolute Gasteiger partial charge is 0.481 e. The molecule has 0 N–H and O–H groups in total. The van der Waals surface area contributed by atoms with Crippen molar-refractivity contribution in [1.29, 1.82) is 0 Å². The van der Waals surface area contributed by atoms with Crippen molar-refractivity contribution in [3.8, 4) is 5.75 Å². The van der Waals surface area contributed by atoms with E-state index in [9.17, 15) is 9.59 Å². The van der Waals surface area contributed by atoms with Crippen LogP contribution in [0.3, 0.4) is 0 Å². The summed E-state index contributed by atoms with van der Waals surface area (Å²) >= 11 is 5.96. The number of halogens is 1. The molecule has 2 amide bonds. The van der Waals surface area contributed by atoms with Crippen LogP contribution in [-0.4, -0.2) is 58.9 Å². The van der Waals surface area contributed by atoms with E-state index in [2.05, 4.69) is 4.98 Å². The van der Waals surface area contributed by atoms with Gasteiger partial charge in [0.15, 0.2) is 6.10 Å². The van der Waals surface area contributed by atoms with E-state index in [4.69, 9.17) is 16.3 Å². The number of pyridine rings is 1. The Hall–Kier alpha value is -2.60. The van der Waals surface area contributed by atoms with Gasteiger partial charge in [-0.05, 0) is 49.7 Å². The van der Waals surface area contributed by atoms with Gasteiger partial charge in [-0.1, -0.05) is 17.7 Å². The summed E-state index contributed by atoms with van der Waals surface area (Å²) in [6.45, 7) is 5.67. The molecule has 1 aliphatic heterocycles. The van der Waals surface area contributed by atoms with Crippen LogP contribution in [0, 0.1) is 6.92 Å². The van der Waals surface area contributed by atoms with Gasteiger partial charge in [0.2, 0.25) is 5.91 Å². The fraction of sp³-hybridized carbons (Fsp3) is 0.381. The van der Waals surface area contributed by atoms with Crippen LogP contribution in [0.5, 0.6) is 5.75 Å². The second-order valence-electron chi connectivity index (χ2n) is 6.87. The predicted octanol–water partition coefficient (Wildman–Crippen LogP) is 2.72. The average molecular weight is 402 g/mol. The highest BCUT2D eigenvalue weighted by Gasteiger charge is 2.28. The van der Waals surface area contributed by atoms with Crippen LogP contribution >= 0.6 is 11.6 Å². The molecule has 1 atom stereocenters. The molecule has 3 rings (SSSR count). The SMILES string of the molecule is Cc1cc(Cl)ccc1OC(C)C(=O)N1CCN(C(=O)Cc2ccccn2)CC1. The summed E-state index contributed by atoms with van der Waals surface area (Å²) < 4.78 is 5.83. The number of aryl methyl sites for hydroxylation is 1. The molecule has 0 aliphatic carbocycles. The molecule has 0 spiro atoms. The Morgan fingerprint density at radius 2 is 1.86 bits per heavy atom. The van der Waals surface area contributed by atoms with Crippen molar-refractivity contribution in [3.05, 3.63) is 58.9 Å². The van der Waals surface area contributed by atoms with Crippen molar-refractivity contribution in [2.24, 2.45) is 0 Å². The van der Waals surface area contributed by atoms with Gasteiger partial charge in [0.25, 0.3) is 5.91 Å². The fourth-order valence-corrected chi connectivity index (χ4v) is 3.42. The molecule has 1 unspecified atom stereocenters. The molecule has 0 saturated carbocycles. The predicted molar refractivity (Wildman–Crippen MR) is 107 cm³/mol. The number of aromatic nitrogens is 1. The van der Waals surface area contributed by atoms with Crippen LogP contribution in [0.1, 0.15) is 18.2 Å². The van der Waals surface area contributed by atoms with E-state index in [1.54, 1.807) is 41.1 Å². The molecule has 1 fully saturated rings. The van der Waals surface area contributed by atoms with Crippen molar-refractivity contribution in [1.82, 2.24) is 14.8 Å². The smallest absolute Gasteiger partial charge is 0.263 e. The van der Waals surface area contributed by atoms with Crippen molar-refractivity contribution in [3.63, 3.8) is 0 Å². The van der Waals surface area contributed by atoms with E-state index in [-0.39, 0.29) is 18.2 Å². The number of ether oxygens (including phenoxy) is 1. The zero-order chi connectivity index (χ0) is 20.1. The molecule has 28 heavy (non-hydrogen) atoms. The Bertz CT molecular complexity index is 836. The summed E-state index contributed by atoms with van der Waals surface area (Å²) in [5.41, 5.74) is 1.64. The Morgan fingerprint density at radius 1 is 1.14 bits per heavy atom. The van der Waals surface area contributed by atoms with Crippen molar-refractivity contribution in [2.75, 3.05) is 26.2 Å². The number of rotatable bonds is 5. The fourth-order valence-electron chi connectivity index (χ4n) is 3.19. The summed E-state index contributed by atoms with van der Waals surface area (Å²) in [4.78, 5) is 32.9. The summed E-state index contributed by atoms with van der Waals surface area (Å²) in [6.07, 6.45) is 1.36. The summed E-state index contributed by atoms with van der Waals surface area (Å²) in [5.74, 6) is 0.604. The molecular formula is C21H24ClN3O3. The second kappa shape index (κ2) is 9.06. The minimum atomic E-state index is -0.601. The van der Waals surface area contributed by atoms with Gasteiger partial charge in [0.1, 0.15) is 5.75 Å². The molecule has 0 bridgehead atoms. The standard InChI is InChI=1S/C21H24ClN3O3/c1-15-13-17(22)6-7-19(15)28-16(2)21(27)25-11-9-24(10-12-25)20(26)14-18-5-3-4-8-23-18/h3-8,13,16H,9-12,14H2,1-2H3. The molecule has 6 nitrogen and oxygen atoms in total. The highest BCUT2D eigenvalue weighted by molar-refractivity contribution is 6.30. The Kier molecular flexibility index (Phi) is 6.52. The third-order valence-corrected chi connectivity index (χ3v) is 5.03. The van der Waals surface area contributed by atoms with E-state index in [1.165, 1.54) is 0 Å². The Balaban J connectivity index is 1.51. The van der Waals surface area contributed by atoms with Gasteiger partial charge in [-0.2, -0.15) is 0 Å². The normalized spacial score (nSPS) is 15.2. The first kappa shape index (κ1) is 20.1. The van der Waals surface area contributed by atoms with E-state index in [1.807, 2.05) is 25.1 Å². The van der Waals surface area contributed by atoms with Crippen LogP contribution in [0.25, 0.3) is 0 Å². The Morgan fingerprint density at radius 3 is 2.50 bits per heavy atom. The lowest BCUT2D eigenvalue weighted by molar-refractivity contribution is -0.143. The molecule has 2 aromatic rings. The van der Waals surface area contributed by atoms with Crippen LogP contribution in [-0.2, 0) is 16.0 Å². The maximum absolute atomic E-state index is 12.7. The molecular weight excluding hydrogens is 378 g/mol. The van der Waals surface area contributed by atoms with Crippen LogP contribution in [0.15, 0.2) is 42.6 Å². The third-order valence-electron chi connectivity index (χ3n) is 4.79. The van der Waals surface area contributed by atoms with Gasteiger partial charge in [-0.25, -0.2) is 0 Å². The van der Waals surface area contributed by atoms with Crippen molar-refractivity contribution in [2.45, 2.75) is 26.4 Å². The van der Waals surface area contributed by atoms with E-state index in [0.717, 1.165) is 11.3 Å². The summed E-state index contributed by atoms with van der Waals surface area (Å²) in [5, 5.41) is 0.635. The first-order valence-corrected chi connectivity index (χ1v) is 9.71. The first-order valence-electron chi connectivity index (χ1n) is 9.33. The molecule has 1 aromatic heterocycles. The highest BCUT2D eigenvalue weighted by Crippen LogP contribution is 2.23. The lowest BCUT2D eigenvalue weighted by Gasteiger charge is -2.36. The molecule has 2 heterocycles. The van der Waals surface area contributed by atoms with Gasteiger partial charge < -0.3 is 14.5 Å². The van der Waals surface area contributed by atoms with Crippen LogP contribution in [0.4, 0.5) is 0 Å². The number of amides is 2. The van der Waals surface area contributed by atoms with E-state index >= 15 is 0 Å². The molecule has 148 valence electrons. The van der Waals surface area contributed by atoms with Gasteiger partial charge >= 0.3 is 0 Å². The van der Waals surface area contributed by atoms with Crippen LogP contribution in [0.2, 0.25) is 5.02 Å². The van der Waals surface area contributed by atoms with Gasteiger partial charge in [0, 0.05) is 43.1 Å². The average Bonchev–Trinajstić information content (AvgIpc) is 2.70. The maximum Gasteiger partial charge on any atom is 0.263 e. The Labute approximate surface area is 170 Å². The lowest BCUT2D eigenvalue weighted by Crippen LogP contribution is -2.53. The number of carbonyl (C=O) groups excluding carboxylic acids is 2. The number of hydrogen-bond donors (Lipinski definition) is 0. The molecule has 1 aliphatic rings. The zero-order valence-corrected chi connectivity index (χ0v) is 16.9. The lowest BCUT2D eigenvalue weighted by atomic mass is 10.2. The zero-order valence-electron chi connectivity index (χ0n) is 16.1. The van der Waals surface area contributed by atoms with Crippen molar-refractivity contribution < 1.29 is 14.3 Å². The summed E-state index contributed by atoms with van der Waals surface area (Å²) in [6, 6.07) is 10.9. The van der Waals surface area contributed by atoms with Gasteiger partial charge in [-0.3, -0.25) is 14.6 Å². The third kappa shape index (κ3) is 5.01. The first-order chi connectivity index (χ1) is 13.4. The molecule has 7 heteroatoms. The number of carbonyl (C=O) groups is 2. The number of benzene rings is 1. The van der Waals surface area contributed by atoms with Gasteiger partial charge in [0.05, 0.1) is 6.42 Å². The minimum absolute atomic E-state index is 0.0342. The quantitative estimate of drug-likeness (QED) is 0.772. The molecule has 0 radical (unpaired) electrons. The van der Waals surface area contributed by atoms with E-state index in [0.29, 0.717) is 37.0 Å².